The van der Waals surface area contributed by atoms with Crippen molar-refractivity contribution in [1.82, 2.24) is 35.1 Å². The average molecular weight is 655 g/mol. The first-order valence-corrected chi connectivity index (χ1v) is 14.7. The van der Waals surface area contributed by atoms with Gasteiger partial charge in [-0.3, -0.25) is 4.79 Å². The molecule has 2 saturated carbocycles. The lowest BCUT2D eigenvalue weighted by Crippen LogP contribution is -2.41. The van der Waals surface area contributed by atoms with Crippen molar-refractivity contribution in [2.45, 2.75) is 81.7 Å². The SMILES string of the molecule is COC[C@H](c1cnn2cc([C@@H](NC(=O)c3nonc3OC3(C)CCC3)C3CCC(F)(F)CC3)nc2c1)N1CC(C(F)(F)F)=NC1=O. The van der Waals surface area contributed by atoms with Gasteiger partial charge in [0.25, 0.3) is 11.8 Å². The highest BCUT2D eigenvalue weighted by Crippen LogP contribution is 2.42. The van der Waals surface area contributed by atoms with Crippen LogP contribution < -0.4 is 10.1 Å². The van der Waals surface area contributed by atoms with Crippen LogP contribution in [0.5, 0.6) is 5.88 Å². The van der Waals surface area contributed by atoms with E-state index in [0.717, 1.165) is 24.2 Å². The van der Waals surface area contributed by atoms with Crippen LogP contribution in [0.1, 0.15) is 85.7 Å². The van der Waals surface area contributed by atoms with Crippen LogP contribution in [0.4, 0.5) is 26.7 Å². The van der Waals surface area contributed by atoms with Crippen molar-refractivity contribution in [3.63, 3.8) is 0 Å². The van der Waals surface area contributed by atoms with E-state index < -0.39 is 59.9 Å². The number of carbonyl (C=O) groups excluding carboxylic acids is 2. The molecule has 13 nitrogen and oxygen atoms in total. The third-order valence-corrected chi connectivity index (χ3v) is 8.84. The lowest BCUT2D eigenvalue weighted by molar-refractivity contribution is -0.0603. The number of rotatable bonds is 10. The second-order valence-corrected chi connectivity index (χ2v) is 12.2. The van der Waals surface area contributed by atoms with Gasteiger partial charge >= 0.3 is 12.2 Å². The zero-order valence-corrected chi connectivity index (χ0v) is 24.9. The number of alkyl halides is 5. The van der Waals surface area contributed by atoms with Crippen molar-refractivity contribution < 1.29 is 45.6 Å². The van der Waals surface area contributed by atoms with Gasteiger partial charge in [0.05, 0.1) is 43.3 Å². The number of nitrogens with zero attached hydrogens (tertiary/aromatic N) is 7. The molecule has 6 rings (SSSR count). The highest BCUT2D eigenvalue weighted by Gasteiger charge is 2.45. The van der Waals surface area contributed by atoms with E-state index in [1.807, 2.05) is 6.92 Å². The van der Waals surface area contributed by atoms with Gasteiger partial charge in [0, 0.05) is 25.5 Å². The molecule has 3 aliphatic rings. The van der Waals surface area contributed by atoms with Crippen LogP contribution in [0, 0.1) is 5.92 Å². The number of amides is 3. The molecule has 0 spiro atoms. The number of aromatic nitrogens is 5. The fraction of sp³-hybridized carbons (Fsp3) is 0.607. The highest BCUT2D eigenvalue weighted by atomic mass is 19.4. The number of hydrogen-bond donors (Lipinski definition) is 1. The summed E-state index contributed by atoms with van der Waals surface area (Å²) in [6.45, 7) is 0.972. The first-order chi connectivity index (χ1) is 21.7. The largest absolute Gasteiger partial charge is 0.467 e. The molecule has 18 heteroatoms. The summed E-state index contributed by atoms with van der Waals surface area (Å²) in [6, 6.07) is -1.35. The number of carbonyl (C=O) groups is 2. The average Bonchev–Trinajstić information content (AvgIpc) is 3.72. The van der Waals surface area contributed by atoms with E-state index in [9.17, 15) is 31.5 Å². The van der Waals surface area contributed by atoms with Crippen LogP contribution in [0.15, 0.2) is 28.1 Å². The molecular formula is C28H31F5N8O5. The molecule has 2 aliphatic carbocycles. The Bertz CT molecular complexity index is 1640. The van der Waals surface area contributed by atoms with Crippen molar-refractivity contribution >= 4 is 23.3 Å². The summed E-state index contributed by atoms with van der Waals surface area (Å²) in [6.07, 6.45) is 0.0656. The summed E-state index contributed by atoms with van der Waals surface area (Å²) in [7, 11) is 1.34. The Kier molecular flexibility index (Phi) is 8.18. The van der Waals surface area contributed by atoms with E-state index in [2.05, 4.69) is 30.7 Å². The quantitative estimate of drug-likeness (QED) is 0.303. The first kappa shape index (κ1) is 31.7. The maximum Gasteiger partial charge on any atom is 0.431 e. The van der Waals surface area contributed by atoms with Gasteiger partial charge in [0.2, 0.25) is 11.6 Å². The Morgan fingerprint density at radius 3 is 2.57 bits per heavy atom. The maximum absolute atomic E-state index is 14.1. The second-order valence-electron chi connectivity index (χ2n) is 12.2. The Labute approximate surface area is 258 Å². The summed E-state index contributed by atoms with van der Waals surface area (Å²) >= 11 is 0. The molecule has 0 saturated heterocycles. The minimum atomic E-state index is -4.77. The van der Waals surface area contributed by atoms with Crippen molar-refractivity contribution in [1.29, 1.82) is 0 Å². The number of fused-ring (bicyclic) bond motifs is 1. The Hall–Kier alpha value is -4.22. The van der Waals surface area contributed by atoms with Crippen LogP contribution in [0.25, 0.3) is 5.65 Å². The van der Waals surface area contributed by atoms with Crippen LogP contribution in [-0.2, 0) is 4.74 Å². The second kappa shape index (κ2) is 11.9. The minimum Gasteiger partial charge on any atom is -0.467 e. The van der Waals surface area contributed by atoms with Gasteiger partial charge in [-0.2, -0.15) is 23.3 Å². The summed E-state index contributed by atoms with van der Waals surface area (Å²) in [4.78, 5) is 34.6. The van der Waals surface area contributed by atoms with Gasteiger partial charge in [-0.1, -0.05) is 0 Å². The molecule has 4 heterocycles. The predicted octanol–water partition coefficient (Wildman–Crippen LogP) is 4.86. The van der Waals surface area contributed by atoms with E-state index in [-0.39, 0.29) is 49.5 Å². The zero-order valence-electron chi connectivity index (χ0n) is 24.9. The van der Waals surface area contributed by atoms with E-state index >= 15 is 0 Å². The molecule has 0 aromatic carbocycles. The van der Waals surface area contributed by atoms with E-state index in [1.54, 1.807) is 0 Å². The van der Waals surface area contributed by atoms with Crippen LogP contribution in [0.2, 0.25) is 0 Å². The molecule has 2 atom stereocenters. The topological polar surface area (TPSA) is 149 Å². The van der Waals surface area contributed by atoms with Gasteiger partial charge in [-0.05, 0) is 61.3 Å². The molecule has 248 valence electrons. The Balaban J connectivity index is 1.28. The molecule has 46 heavy (non-hydrogen) atoms. The summed E-state index contributed by atoms with van der Waals surface area (Å²) in [5.74, 6) is -4.02. The Morgan fingerprint density at radius 2 is 1.93 bits per heavy atom. The number of aliphatic imine (C=N–C) groups is 1. The molecule has 3 aromatic rings. The number of hydrogen-bond acceptors (Lipinski definition) is 9. The number of urea groups is 1. The van der Waals surface area contributed by atoms with Crippen molar-refractivity contribution in [3.05, 3.63) is 35.4 Å². The lowest BCUT2D eigenvalue weighted by Gasteiger charge is -2.37. The van der Waals surface area contributed by atoms with Crippen LogP contribution in [-0.4, -0.2) is 85.4 Å². The lowest BCUT2D eigenvalue weighted by atomic mass is 9.81. The summed E-state index contributed by atoms with van der Waals surface area (Å²) in [5.41, 5.74) is -1.04. The van der Waals surface area contributed by atoms with Crippen molar-refractivity contribution in [2.75, 3.05) is 20.3 Å². The normalized spacial score (nSPS) is 21.2. The molecule has 3 amide bonds. The molecule has 0 radical (unpaired) electrons. The standard InChI is InChI=1S/C28H31F5N8O5/c1-26(6-3-7-26)45-24-22(38-46-39-24)23(42)37-21(15-4-8-27(29,30)9-5-15)17-12-41-20(35-17)10-16(11-34-41)18(14-44-2)40-13-19(28(31,32)33)36-25(40)43/h10-12,15,18,21H,3-9,13-14H2,1-2H3,(H,37,42)/t18-,21+/m1/s1. The molecule has 0 unspecified atom stereocenters. The molecule has 2 fully saturated rings. The predicted molar refractivity (Wildman–Crippen MR) is 147 cm³/mol. The van der Waals surface area contributed by atoms with Crippen LogP contribution in [0.3, 0.4) is 0 Å². The van der Waals surface area contributed by atoms with Gasteiger partial charge in [0.15, 0.2) is 5.65 Å². The number of halogens is 5. The van der Waals surface area contributed by atoms with Gasteiger partial charge < -0.3 is 19.7 Å². The maximum atomic E-state index is 14.1. The molecule has 3 aromatic heterocycles. The number of methoxy groups -OCH3 is 1. The molecular weight excluding hydrogens is 623 g/mol. The smallest absolute Gasteiger partial charge is 0.431 e. The highest BCUT2D eigenvalue weighted by molar-refractivity contribution is 6.05. The fourth-order valence-corrected chi connectivity index (χ4v) is 6.04. The number of ether oxygens (including phenoxy) is 2. The summed E-state index contributed by atoms with van der Waals surface area (Å²) in [5, 5.41) is 14.7. The van der Waals surface area contributed by atoms with Gasteiger partial charge in [-0.25, -0.2) is 27.7 Å². The van der Waals surface area contributed by atoms with Gasteiger partial charge in [-0.15, -0.1) is 0 Å². The van der Waals surface area contributed by atoms with Crippen molar-refractivity contribution in [2.24, 2.45) is 10.9 Å². The van der Waals surface area contributed by atoms with E-state index in [0.29, 0.717) is 11.3 Å². The van der Waals surface area contributed by atoms with Crippen LogP contribution >= 0.6 is 0 Å². The monoisotopic (exact) mass is 654 g/mol. The zero-order chi connectivity index (χ0) is 32.9. The fourth-order valence-electron chi connectivity index (χ4n) is 6.04. The number of imidazole rings is 1. The molecule has 1 aliphatic heterocycles. The first-order valence-electron chi connectivity index (χ1n) is 14.7. The Morgan fingerprint density at radius 1 is 1.20 bits per heavy atom. The third-order valence-electron chi connectivity index (χ3n) is 8.84. The van der Waals surface area contributed by atoms with Crippen molar-refractivity contribution in [3.8, 4) is 5.88 Å². The third kappa shape index (κ3) is 6.39. The summed E-state index contributed by atoms with van der Waals surface area (Å²) < 4.78 is 85.3. The number of nitrogens with one attached hydrogen (secondary N) is 1. The molecule has 1 N–H and O–H groups in total. The minimum absolute atomic E-state index is 0.0757. The molecule has 0 bridgehead atoms. The van der Waals surface area contributed by atoms with E-state index in [1.165, 1.54) is 30.1 Å². The van der Waals surface area contributed by atoms with Gasteiger partial charge in [0.1, 0.15) is 11.3 Å². The van der Waals surface area contributed by atoms with E-state index in [4.69, 9.17) is 14.1 Å².